The van der Waals surface area contributed by atoms with Crippen LogP contribution in [0, 0.1) is 13.8 Å². The van der Waals surface area contributed by atoms with Crippen molar-refractivity contribution in [2.45, 2.75) is 26.5 Å². The van der Waals surface area contributed by atoms with Crippen LogP contribution in [-0.4, -0.2) is 29.1 Å². The number of ether oxygens (including phenoxy) is 1. The van der Waals surface area contributed by atoms with E-state index in [1.807, 2.05) is 12.4 Å². The number of para-hydroxylation sites is 1. The predicted molar refractivity (Wildman–Crippen MR) is 79.8 cm³/mol. The molecule has 1 aromatic heterocycles. The van der Waals surface area contributed by atoms with Crippen LogP contribution in [0.1, 0.15) is 16.7 Å². The van der Waals surface area contributed by atoms with Crippen molar-refractivity contribution in [3.63, 3.8) is 0 Å². The van der Waals surface area contributed by atoms with E-state index in [1.54, 1.807) is 0 Å². The molecule has 0 N–H and O–H groups in total. The fraction of sp³-hybridized carbons (Fsp3) is 0.353. The Morgan fingerprint density at radius 1 is 1.10 bits per heavy atom. The fourth-order valence-corrected chi connectivity index (χ4v) is 2.62. The van der Waals surface area contributed by atoms with Crippen molar-refractivity contribution in [1.29, 1.82) is 0 Å². The van der Waals surface area contributed by atoms with Crippen molar-refractivity contribution in [2.75, 3.05) is 13.1 Å². The van der Waals surface area contributed by atoms with Crippen molar-refractivity contribution in [1.82, 2.24) is 9.88 Å². The van der Waals surface area contributed by atoms with Gasteiger partial charge in [-0.05, 0) is 42.7 Å². The van der Waals surface area contributed by atoms with Crippen molar-refractivity contribution in [3.05, 3.63) is 59.4 Å². The Balaban J connectivity index is 1.54. The van der Waals surface area contributed by atoms with Gasteiger partial charge < -0.3 is 4.74 Å². The molecule has 1 aliphatic heterocycles. The van der Waals surface area contributed by atoms with Crippen LogP contribution >= 0.6 is 0 Å². The largest absolute Gasteiger partial charge is 0.487 e. The van der Waals surface area contributed by atoms with Gasteiger partial charge in [0, 0.05) is 32.0 Å². The van der Waals surface area contributed by atoms with Gasteiger partial charge in [0.1, 0.15) is 11.9 Å². The molecule has 0 spiro atoms. The highest BCUT2D eigenvalue weighted by Gasteiger charge is 2.28. The summed E-state index contributed by atoms with van der Waals surface area (Å²) in [7, 11) is 0. The van der Waals surface area contributed by atoms with Gasteiger partial charge in [-0.15, -0.1) is 0 Å². The predicted octanol–water partition coefficient (Wildman–Crippen LogP) is 2.96. The third kappa shape index (κ3) is 2.83. The summed E-state index contributed by atoms with van der Waals surface area (Å²) in [4.78, 5) is 6.44. The topological polar surface area (TPSA) is 25.4 Å². The van der Waals surface area contributed by atoms with E-state index in [0.29, 0.717) is 6.10 Å². The highest BCUT2D eigenvalue weighted by molar-refractivity contribution is 5.40. The highest BCUT2D eigenvalue weighted by Crippen LogP contribution is 2.26. The maximum absolute atomic E-state index is 6.13. The molecule has 1 fully saturated rings. The van der Waals surface area contributed by atoms with Gasteiger partial charge in [0.2, 0.25) is 0 Å². The minimum Gasteiger partial charge on any atom is -0.487 e. The van der Waals surface area contributed by atoms with Gasteiger partial charge in [0.15, 0.2) is 0 Å². The van der Waals surface area contributed by atoms with Crippen molar-refractivity contribution in [2.24, 2.45) is 0 Å². The number of benzene rings is 1. The lowest BCUT2D eigenvalue weighted by Crippen LogP contribution is -2.53. The third-order valence-corrected chi connectivity index (χ3v) is 3.77. The van der Waals surface area contributed by atoms with E-state index in [4.69, 9.17) is 4.74 Å². The van der Waals surface area contributed by atoms with Crippen LogP contribution in [0.4, 0.5) is 0 Å². The van der Waals surface area contributed by atoms with Crippen molar-refractivity contribution < 1.29 is 4.74 Å². The van der Waals surface area contributed by atoms with Crippen LogP contribution in [0.25, 0.3) is 0 Å². The normalized spacial score (nSPS) is 15.9. The Bertz CT molecular complexity index is 557. The van der Waals surface area contributed by atoms with Gasteiger partial charge in [-0.2, -0.15) is 0 Å². The van der Waals surface area contributed by atoms with E-state index in [-0.39, 0.29) is 0 Å². The first-order valence-corrected chi connectivity index (χ1v) is 7.06. The number of nitrogens with zero attached hydrogens (tertiary/aromatic N) is 2. The Morgan fingerprint density at radius 3 is 2.40 bits per heavy atom. The lowest BCUT2D eigenvalue weighted by molar-refractivity contribution is 0.0137. The summed E-state index contributed by atoms with van der Waals surface area (Å²) in [5.41, 5.74) is 3.75. The highest BCUT2D eigenvalue weighted by atomic mass is 16.5. The van der Waals surface area contributed by atoms with E-state index in [9.17, 15) is 0 Å². The quantitative estimate of drug-likeness (QED) is 0.852. The standard InChI is InChI=1S/C17H20N2O/c1-13-4-3-5-14(2)17(13)20-16-11-19(12-16)10-15-6-8-18-9-7-15/h3-9,16H,10-12H2,1-2H3. The summed E-state index contributed by atoms with van der Waals surface area (Å²) in [6, 6.07) is 10.4. The maximum Gasteiger partial charge on any atom is 0.125 e. The number of aromatic nitrogens is 1. The van der Waals surface area contributed by atoms with Gasteiger partial charge in [0.05, 0.1) is 0 Å². The maximum atomic E-state index is 6.13. The second-order valence-corrected chi connectivity index (χ2v) is 5.51. The van der Waals surface area contributed by atoms with E-state index < -0.39 is 0 Å². The molecule has 20 heavy (non-hydrogen) atoms. The summed E-state index contributed by atoms with van der Waals surface area (Å²) >= 11 is 0. The van der Waals surface area contributed by atoms with Crippen LogP contribution in [0.5, 0.6) is 5.75 Å². The minimum atomic E-state index is 0.316. The van der Waals surface area contributed by atoms with E-state index in [0.717, 1.165) is 25.4 Å². The fourth-order valence-electron chi connectivity index (χ4n) is 2.62. The zero-order chi connectivity index (χ0) is 13.9. The van der Waals surface area contributed by atoms with Gasteiger partial charge in [-0.3, -0.25) is 9.88 Å². The number of likely N-dealkylation sites (tertiary alicyclic amines) is 1. The zero-order valence-electron chi connectivity index (χ0n) is 12.0. The van der Waals surface area contributed by atoms with Crippen LogP contribution in [0.15, 0.2) is 42.7 Å². The summed E-state index contributed by atoms with van der Waals surface area (Å²) in [6.07, 6.45) is 4.01. The summed E-state index contributed by atoms with van der Waals surface area (Å²) in [5.74, 6) is 1.06. The van der Waals surface area contributed by atoms with Crippen LogP contribution in [0.3, 0.4) is 0 Å². The molecule has 1 aromatic carbocycles. The molecule has 104 valence electrons. The summed E-state index contributed by atoms with van der Waals surface area (Å²) in [5, 5.41) is 0. The number of hydrogen-bond acceptors (Lipinski definition) is 3. The van der Waals surface area contributed by atoms with E-state index >= 15 is 0 Å². The number of aryl methyl sites for hydroxylation is 2. The van der Waals surface area contributed by atoms with Crippen LogP contribution in [0.2, 0.25) is 0 Å². The lowest BCUT2D eigenvalue weighted by Gasteiger charge is -2.39. The molecule has 2 heterocycles. The molecule has 1 saturated heterocycles. The van der Waals surface area contributed by atoms with Crippen LogP contribution in [-0.2, 0) is 6.54 Å². The van der Waals surface area contributed by atoms with E-state index in [1.165, 1.54) is 16.7 Å². The summed E-state index contributed by atoms with van der Waals surface area (Å²) in [6.45, 7) is 7.19. The average Bonchev–Trinajstić information content (AvgIpc) is 2.41. The first-order valence-electron chi connectivity index (χ1n) is 7.06. The second-order valence-electron chi connectivity index (χ2n) is 5.51. The van der Waals surface area contributed by atoms with Gasteiger partial charge in [-0.1, -0.05) is 18.2 Å². The molecule has 2 aromatic rings. The SMILES string of the molecule is Cc1cccc(C)c1OC1CN(Cc2ccncc2)C1. The molecule has 3 nitrogen and oxygen atoms in total. The van der Waals surface area contributed by atoms with Crippen molar-refractivity contribution in [3.8, 4) is 5.75 Å². The number of rotatable bonds is 4. The molecule has 0 bridgehead atoms. The lowest BCUT2D eigenvalue weighted by atomic mass is 10.1. The molecule has 0 atom stereocenters. The summed E-state index contributed by atoms with van der Waals surface area (Å²) < 4.78 is 6.13. The first kappa shape index (κ1) is 13.1. The van der Waals surface area contributed by atoms with Crippen molar-refractivity contribution >= 4 is 0 Å². The van der Waals surface area contributed by atoms with Gasteiger partial charge in [0.25, 0.3) is 0 Å². The van der Waals surface area contributed by atoms with Gasteiger partial charge in [-0.25, -0.2) is 0 Å². The van der Waals surface area contributed by atoms with E-state index in [2.05, 4.69) is 54.1 Å². The smallest absolute Gasteiger partial charge is 0.125 e. The molecule has 0 saturated carbocycles. The Hall–Kier alpha value is -1.87. The Kier molecular flexibility index (Phi) is 3.70. The third-order valence-electron chi connectivity index (χ3n) is 3.77. The molecule has 0 amide bonds. The molecule has 0 unspecified atom stereocenters. The monoisotopic (exact) mass is 268 g/mol. The molecule has 3 rings (SSSR count). The molecule has 0 radical (unpaired) electrons. The number of pyridine rings is 1. The molecule has 1 aliphatic rings. The zero-order valence-corrected chi connectivity index (χ0v) is 12.0. The minimum absolute atomic E-state index is 0.316. The average molecular weight is 268 g/mol. The molecule has 3 heteroatoms. The van der Waals surface area contributed by atoms with Crippen LogP contribution < -0.4 is 4.74 Å². The first-order chi connectivity index (χ1) is 9.72. The van der Waals surface area contributed by atoms with Gasteiger partial charge >= 0.3 is 0 Å². The molecular weight excluding hydrogens is 248 g/mol. The number of hydrogen-bond donors (Lipinski definition) is 0. The Labute approximate surface area is 120 Å². The second kappa shape index (κ2) is 5.63. The molecular formula is C17H20N2O. The Morgan fingerprint density at radius 2 is 1.75 bits per heavy atom. The molecule has 0 aliphatic carbocycles.